The lowest BCUT2D eigenvalue weighted by Gasteiger charge is -2.28. The van der Waals surface area contributed by atoms with Crippen LogP contribution in [-0.4, -0.2) is 68.7 Å². The number of likely N-dealkylation sites (N-methyl/N-ethyl adjacent to an activating group) is 1. The number of carbonyl (C=O) groups is 1. The summed E-state index contributed by atoms with van der Waals surface area (Å²) in [5, 5.41) is 6.23. The topological polar surface area (TPSA) is 47.6 Å². The molecule has 0 bridgehead atoms. The summed E-state index contributed by atoms with van der Waals surface area (Å²) in [6.45, 7) is 6.98. The van der Waals surface area contributed by atoms with Crippen molar-refractivity contribution in [1.82, 2.24) is 20.4 Å². The van der Waals surface area contributed by atoms with Crippen molar-refractivity contribution in [3.05, 3.63) is 0 Å². The lowest BCUT2D eigenvalue weighted by atomic mass is 9.98. The van der Waals surface area contributed by atoms with E-state index in [4.69, 9.17) is 0 Å². The minimum atomic E-state index is 0.0975. The SMILES string of the molecule is CN(CCN1CCNC1=O)CC1CCNCC1. The Hall–Kier alpha value is -0.810. The highest BCUT2D eigenvalue weighted by molar-refractivity contribution is 5.76. The number of piperidine rings is 1. The third-order valence-corrected chi connectivity index (χ3v) is 3.73. The number of hydrogen-bond acceptors (Lipinski definition) is 3. The molecule has 2 N–H and O–H groups in total. The number of urea groups is 1. The fourth-order valence-corrected chi connectivity index (χ4v) is 2.61. The zero-order chi connectivity index (χ0) is 12.1. The highest BCUT2D eigenvalue weighted by Crippen LogP contribution is 2.12. The summed E-state index contributed by atoms with van der Waals surface area (Å²) in [4.78, 5) is 15.6. The summed E-state index contributed by atoms with van der Waals surface area (Å²) >= 11 is 0. The van der Waals surface area contributed by atoms with E-state index in [1.807, 2.05) is 4.90 Å². The summed E-state index contributed by atoms with van der Waals surface area (Å²) in [7, 11) is 2.16. The molecule has 0 spiro atoms. The first-order chi connectivity index (χ1) is 8.25. The minimum absolute atomic E-state index is 0.0975. The van der Waals surface area contributed by atoms with Gasteiger partial charge in [0, 0.05) is 32.7 Å². The third-order valence-electron chi connectivity index (χ3n) is 3.73. The summed E-state index contributed by atoms with van der Waals surface area (Å²) in [5.41, 5.74) is 0. The van der Waals surface area contributed by atoms with Crippen LogP contribution in [0, 0.1) is 5.92 Å². The lowest BCUT2D eigenvalue weighted by Crippen LogP contribution is -2.39. The minimum Gasteiger partial charge on any atom is -0.336 e. The van der Waals surface area contributed by atoms with E-state index in [1.165, 1.54) is 12.8 Å². The summed E-state index contributed by atoms with van der Waals surface area (Å²) in [6.07, 6.45) is 2.57. The Morgan fingerprint density at radius 1 is 1.35 bits per heavy atom. The second-order valence-electron chi connectivity index (χ2n) is 5.17. The van der Waals surface area contributed by atoms with Crippen molar-refractivity contribution in [3.63, 3.8) is 0 Å². The van der Waals surface area contributed by atoms with Gasteiger partial charge in [-0.05, 0) is 38.9 Å². The average molecular weight is 240 g/mol. The molecule has 5 nitrogen and oxygen atoms in total. The number of amides is 2. The molecule has 2 aliphatic heterocycles. The van der Waals surface area contributed by atoms with Crippen LogP contribution in [0.5, 0.6) is 0 Å². The molecule has 2 amide bonds. The molecule has 2 rings (SSSR count). The van der Waals surface area contributed by atoms with Gasteiger partial charge in [-0.3, -0.25) is 0 Å². The van der Waals surface area contributed by atoms with E-state index in [-0.39, 0.29) is 6.03 Å². The fourth-order valence-electron chi connectivity index (χ4n) is 2.61. The molecular weight excluding hydrogens is 216 g/mol. The molecule has 0 aromatic heterocycles. The molecular formula is C12H24N4O. The van der Waals surface area contributed by atoms with Gasteiger partial charge in [0.15, 0.2) is 0 Å². The Morgan fingerprint density at radius 2 is 2.12 bits per heavy atom. The van der Waals surface area contributed by atoms with Gasteiger partial charge < -0.3 is 20.4 Å². The fraction of sp³-hybridized carbons (Fsp3) is 0.917. The second kappa shape index (κ2) is 6.21. The van der Waals surface area contributed by atoms with E-state index in [9.17, 15) is 4.79 Å². The van der Waals surface area contributed by atoms with Crippen LogP contribution in [0.2, 0.25) is 0 Å². The van der Waals surface area contributed by atoms with Crippen molar-refractivity contribution in [2.24, 2.45) is 5.92 Å². The highest BCUT2D eigenvalue weighted by Gasteiger charge is 2.20. The molecule has 5 heteroatoms. The molecule has 0 unspecified atom stereocenters. The number of nitrogens with zero attached hydrogens (tertiary/aromatic N) is 2. The monoisotopic (exact) mass is 240 g/mol. The maximum atomic E-state index is 11.4. The Bertz CT molecular complexity index is 253. The maximum Gasteiger partial charge on any atom is 0.317 e. The van der Waals surface area contributed by atoms with Crippen molar-refractivity contribution in [2.75, 3.05) is 52.9 Å². The van der Waals surface area contributed by atoms with Crippen molar-refractivity contribution in [1.29, 1.82) is 0 Å². The standard InChI is InChI=1S/C12H24N4O/c1-15(10-11-2-4-13-5-3-11)8-9-16-7-6-14-12(16)17/h11,13H,2-10H2,1H3,(H,14,17). The van der Waals surface area contributed by atoms with Crippen LogP contribution >= 0.6 is 0 Å². The summed E-state index contributed by atoms with van der Waals surface area (Å²) in [5.74, 6) is 0.827. The first-order valence-electron chi connectivity index (χ1n) is 6.68. The molecule has 0 saturated carbocycles. The van der Waals surface area contributed by atoms with Crippen LogP contribution < -0.4 is 10.6 Å². The smallest absolute Gasteiger partial charge is 0.317 e. The molecule has 2 fully saturated rings. The Labute approximate surface area is 104 Å². The first kappa shape index (κ1) is 12.6. The van der Waals surface area contributed by atoms with Crippen LogP contribution in [0.4, 0.5) is 4.79 Å². The lowest BCUT2D eigenvalue weighted by molar-refractivity contribution is 0.197. The van der Waals surface area contributed by atoms with Crippen molar-refractivity contribution >= 4 is 6.03 Å². The van der Waals surface area contributed by atoms with Crippen LogP contribution in [0.1, 0.15) is 12.8 Å². The highest BCUT2D eigenvalue weighted by atomic mass is 16.2. The molecule has 0 aromatic carbocycles. The summed E-state index contributed by atoms with van der Waals surface area (Å²) < 4.78 is 0. The third kappa shape index (κ3) is 3.85. The van der Waals surface area contributed by atoms with Gasteiger partial charge in [-0.1, -0.05) is 0 Å². The van der Waals surface area contributed by atoms with E-state index in [1.54, 1.807) is 0 Å². The molecule has 2 aliphatic rings. The molecule has 0 radical (unpaired) electrons. The number of nitrogens with one attached hydrogen (secondary N) is 2. The van der Waals surface area contributed by atoms with Crippen LogP contribution in [0.15, 0.2) is 0 Å². The Morgan fingerprint density at radius 3 is 2.76 bits per heavy atom. The van der Waals surface area contributed by atoms with Gasteiger partial charge in [0.2, 0.25) is 0 Å². The van der Waals surface area contributed by atoms with Gasteiger partial charge >= 0.3 is 6.03 Å². The van der Waals surface area contributed by atoms with Gasteiger partial charge in [-0.15, -0.1) is 0 Å². The molecule has 0 atom stereocenters. The zero-order valence-electron chi connectivity index (χ0n) is 10.7. The number of rotatable bonds is 5. The van der Waals surface area contributed by atoms with Gasteiger partial charge in [-0.25, -0.2) is 4.79 Å². The predicted octanol–water partition coefficient (Wildman–Crippen LogP) is -0.0570. The molecule has 98 valence electrons. The van der Waals surface area contributed by atoms with Crippen molar-refractivity contribution in [2.45, 2.75) is 12.8 Å². The van der Waals surface area contributed by atoms with E-state index < -0.39 is 0 Å². The molecule has 0 aromatic rings. The molecule has 17 heavy (non-hydrogen) atoms. The largest absolute Gasteiger partial charge is 0.336 e. The number of carbonyl (C=O) groups excluding carboxylic acids is 1. The first-order valence-corrected chi connectivity index (χ1v) is 6.68. The van der Waals surface area contributed by atoms with Crippen molar-refractivity contribution < 1.29 is 4.79 Å². The average Bonchev–Trinajstić information content (AvgIpc) is 2.74. The van der Waals surface area contributed by atoms with Crippen LogP contribution in [0.3, 0.4) is 0 Å². The predicted molar refractivity (Wildman–Crippen MR) is 68.1 cm³/mol. The van der Waals surface area contributed by atoms with Gasteiger partial charge in [0.25, 0.3) is 0 Å². The second-order valence-corrected chi connectivity index (χ2v) is 5.17. The van der Waals surface area contributed by atoms with Crippen LogP contribution in [-0.2, 0) is 0 Å². The van der Waals surface area contributed by atoms with Gasteiger partial charge in [0.05, 0.1) is 0 Å². The van der Waals surface area contributed by atoms with E-state index in [0.29, 0.717) is 0 Å². The molecule has 0 aliphatic carbocycles. The maximum absolute atomic E-state index is 11.4. The Kier molecular flexibility index (Phi) is 4.62. The Balaban J connectivity index is 1.62. The number of hydrogen-bond donors (Lipinski definition) is 2. The van der Waals surface area contributed by atoms with E-state index in [0.717, 1.165) is 51.7 Å². The van der Waals surface area contributed by atoms with Crippen molar-refractivity contribution in [3.8, 4) is 0 Å². The van der Waals surface area contributed by atoms with Gasteiger partial charge in [0.1, 0.15) is 0 Å². The summed E-state index contributed by atoms with van der Waals surface area (Å²) in [6, 6.07) is 0.0975. The van der Waals surface area contributed by atoms with Gasteiger partial charge in [-0.2, -0.15) is 0 Å². The van der Waals surface area contributed by atoms with E-state index >= 15 is 0 Å². The molecule has 2 saturated heterocycles. The quantitative estimate of drug-likeness (QED) is 0.708. The zero-order valence-corrected chi connectivity index (χ0v) is 10.7. The van der Waals surface area contributed by atoms with E-state index in [2.05, 4.69) is 22.6 Å². The normalized spacial score (nSPS) is 22.2. The molecule has 2 heterocycles. The van der Waals surface area contributed by atoms with Crippen LogP contribution in [0.25, 0.3) is 0 Å².